The maximum Gasteiger partial charge on any atom is 0.255 e. The van der Waals surface area contributed by atoms with E-state index in [1.165, 1.54) is 0 Å². The summed E-state index contributed by atoms with van der Waals surface area (Å²) in [6.45, 7) is 0. The third kappa shape index (κ3) is 2.20. The average Bonchev–Trinajstić information content (AvgIpc) is 3.17. The summed E-state index contributed by atoms with van der Waals surface area (Å²) in [5.74, 6) is -0.0762. The molecule has 2 amide bonds. The number of nitrogens with one attached hydrogen (secondary N) is 2. The van der Waals surface area contributed by atoms with E-state index < -0.39 is 5.41 Å². The number of benzene rings is 1. The first kappa shape index (κ1) is 13.9. The van der Waals surface area contributed by atoms with E-state index in [4.69, 9.17) is 0 Å². The second kappa shape index (κ2) is 5.19. The van der Waals surface area contributed by atoms with Gasteiger partial charge in [-0.1, -0.05) is 12.8 Å². The molecule has 5 nitrogen and oxygen atoms in total. The van der Waals surface area contributed by atoms with Crippen molar-refractivity contribution in [2.75, 3.05) is 10.6 Å². The summed E-state index contributed by atoms with van der Waals surface area (Å²) in [5, 5.41) is 5.89. The number of hydrogen-bond donors (Lipinski definition) is 2. The van der Waals surface area contributed by atoms with Crippen LogP contribution in [0.5, 0.6) is 0 Å². The fourth-order valence-corrected chi connectivity index (χ4v) is 3.67. The summed E-state index contributed by atoms with van der Waals surface area (Å²) in [5.41, 5.74) is 2.78. The first-order valence-corrected chi connectivity index (χ1v) is 7.86. The molecular weight excluding hydrogens is 290 g/mol. The van der Waals surface area contributed by atoms with E-state index in [-0.39, 0.29) is 11.8 Å². The fourth-order valence-electron chi connectivity index (χ4n) is 3.67. The largest absolute Gasteiger partial charge is 0.325 e. The molecule has 2 heterocycles. The zero-order valence-electron chi connectivity index (χ0n) is 12.6. The molecule has 4 rings (SSSR count). The summed E-state index contributed by atoms with van der Waals surface area (Å²) < 4.78 is 0. The first-order valence-electron chi connectivity index (χ1n) is 7.86. The molecule has 23 heavy (non-hydrogen) atoms. The van der Waals surface area contributed by atoms with E-state index in [9.17, 15) is 9.59 Å². The molecule has 1 aliphatic carbocycles. The van der Waals surface area contributed by atoms with Crippen LogP contribution >= 0.6 is 0 Å². The van der Waals surface area contributed by atoms with Gasteiger partial charge in [-0.05, 0) is 48.7 Å². The summed E-state index contributed by atoms with van der Waals surface area (Å²) in [6.07, 6.45) is 7.09. The Hall–Kier alpha value is -2.69. The maximum atomic E-state index is 12.4. The highest BCUT2D eigenvalue weighted by molar-refractivity contribution is 6.08. The van der Waals surface area contributed by atoms with Crippen molar-refractivity contribution in [3.05, 3.63) is 53.9 Å². The second-order valence-electron chi connectivity index (χ2n) is 6.19. The predicted molar refractivity (Wildman–Crippen MR) is 87.4 cm³/mol. The monoisotopic (exact) mass is 307 g/mol. The minimum absolute atomic E-state index is 0.0996. The summed E-state index contributed by atoms with van der Waals surface area (Å²) in [6, 6.07) is 8.99. The molecule has 0 saturated heterocycles. The van der Waals surface area contributed by atoms with Gasteiger partial charge in [-0.25, -0.2) is 0 Å². The molecule has 2 N–H and O–H groups in total. The van der Waals surface area contributed by atoms with Crippen molar-refractivity contribution in [1.82, 2.24) is 4.98 Å². The van der Waals surface area contributed by atoms with Crippen LogP contribution in [0.25, 0.3) is 0 Å². The third-order valence-corrected chi connectivity index (χ3v) is 4.88. The van der Waals surface area contributed by atoms with Gasteiger partial charge < -0.3 is 10.6 Å². The molecule has 0 radical (unpaired) electrons. The SMILES string of the molecule is O=C(Nc1ccc2c(c1)C1(CCCC1)C(=O)N2)c1ccncc1. The van der Waals surface area contributed by atoms with Crippen LogP contribution in [0.2, 0.25) is 0 Å². The van der Waals surface area contributed by atoms with E-state index in [0.717, 1.165) is 36.9 Å². The van der Waals surface area contributed by atoms with Crippen LogP contribution in [-0.2, 0) is 10.2 Å². The van der Waals surface area contributed by atoms with E-state index in [1.54, 1.807) is 24.5 Å². The molecule has 1 fully saturated rings. The second-order valence-corrected chi connectivity index (χ2v) is 6.19. The molecule has 5 heteroatoms. The van der Waals surface area contributed by atoms with Gasteiger partial charge in [0.15, 0.2) is 0 Å². The number of fused-ring (bicyclic) bond motifs is 2. The van der Waals surface area contributed by atoms with Crippen LogP contribution in [-0.4, -0.2) is 16.8 Å². The van der Waals surface area contributed by atoms with E-state index in [0.29, 0.717) is 11.3 Å². The van der Waals surface area contributed by atoms with Gasteiger partial charge >= 0.3 is 0 Å². The van der Waals surface area contributed by atoms with Gasteiger partial charge in [0.1, 0.15) is 0 Å². The van der Waals surface area contributed by atoms with Crippen molar-refractivity contribution in [3.63, 3.8) is 0 Å². The summed E-state index contributed by atoms with van der Waals surface area (Å²) in [4.78, 5) is 28.6. The fraction of sp³-hybridized carbons (Fsp3) is 0.278. The molecule has 1 spiro atoms. The topological polar surface area (TPSA) is 71.1 Å². The predicted octanol–water partition coefficient (Wildman–Crippen LogP) is 3.10. The molecule has 0 atom stereocenters. The van der Waals surface area contributed by atoms with Gasteiger partial charge in [0.2, 0.25) is 5.91 Å². The highest BCUT2D eigenvalue weighted by Gasteiger charge is 2.48. The average molecular weight is 307 g/mol. The van der Waals surface area contributed by atoms with Crippen molar-refractivity contribution in [1.29, 1.82) is 0 Å². The smallest absolute Gasteiger partial charge is 0.255 e. The molecule has 0 bridgehead atoms. The Morgan fingerprint density at radius 2 is 1.87 bits per heavy atom. The minimum atomic E-state index is -0.396. The van der Waals surface area contributed by atoms with Crippen LogP contribution in [0.15, 0.2) is 42.7 Å². The van der Waals surface area contributed by atoms with Gasteiger partial charge in [-0.15, -0.1) is 0 Å². The third-order valence-electron chi connectivity index (χ3n) is 4.88. The Balaban J connectivity index is 1.64. The number of hydrogen-bond acceptors (Lipinski definition) is 3. The molecule has 1 aliphatic heterocycles. The standard InChI is InChI=1S/C18H17N3O2/c22-16(12-5-9-19-10-6-12)20-13-3-4-15-14(11-13)18(17(23)21-15)7-1-2-8-18/h3-6,9-11H,1-2,7-8H2,(H,20,22)(H,21,23). The number of carbonyl (C=O) groups excluding carboxylic acids is 2. The lowest BCUT2D eigenvalue weighted by Gasteiger charge is -2.21. The van der Waals surface area contributed by atoms with Crippen molar-refractivity contribution < 1.29 is 9.59 Å². The normalized spacial score (nSPS) is 17.8. The van der Waals surface area contributed by atoms with Crippen LogP contribution in [0.1, 0.15) is 41.6 Å². The lowest BCUT2D eigenvalue weighted by atomic mass is 9.80. The van der Waals surface area contributed by atoms with Crippen LogP contribution in [0, 0.1) is 0 Å². The van der Waals surface area contributed by atoms with Gasteiger partial charge in [0.05, 0.1) is 5.41 Å². The molecule has 2 aromatic rings. The van der Waals surface area contributed by atoms with Crippen molar-refractivity contribution in [3.8, 4) is 0 Å². The van der Waals surface area contributed by atoms with Crippen LogP contribution < -0.4 is 10.6 Å². The van der Waals surface area contributed by atoms with Crippen molar-refractivity contribution in [2.24, 2.45) is 0 Å². The molecule has 1 aromatic heterocycles. The molecule has 1 aromatic carbocycles. The lowest BCUT2D eigenvalue weighted by molar-refractivity contribution is -0.120. The molecule has 1 saturated carbocycles. The van der Waals surface area contributed by atoms with E-state index >= 15 is 0 Å². The maximum absolute atomic E-state index is 12.4. The first-order chi connectivity index (χ1) is 11.2. The van der Waals surface area contributed by atoms with Gasteiger partial charge in [-0.2, -0.15) is 0 Å². The van der Waals surface area contributed by atoms with E-state index in [1.807, 2.05) is 18.2 Å². The molecular formula is C18H17N3O2. The summed E-state index contributed by atoms with van der Waals surface area (Å²) >= 11 is 0. The Morgan fingerprint density at radius 1 is 1.13 bits per heavy atom. The minimum Gasteiger partial charge on any atom is -0.325 e. The number of carbonyl (C=O) groups is 2. The number of aromatic nitrogens is 1. The number of rotatable bonds is 2. The quantitative estimate of drug-likeness (QED) is 0.895. The molecule has 2 aliphatic rings. The van der Waals surface area contributed by atoms with Gasteiger partial charge in [0.25, 0.3) is 5.91 Å². The molecule has 0 unspecified atom stereocenters. The number of pyridine rings is 1. The highest BCUT2D eigenvalue weighted by Crippen LogP contribution is 2.49. The molecule has 116 valence electrons. The Labute approximate surface area is 134 Å². The lowest BCUT2D eigenvalue weighted by Crippen LogP contribution is -2.31. The highest BCUT2D eigenvalue weighted by atomic mass is 16.2. The van der Waals surface area contributed by atoms with Crippen LogP contribution in [0.4, 0.5) is 11.4 Å². The van der Waals surface area contributed by atoms with Gasteiger partial charge in [-0.3, -0.25) is 14.6 Å². The van der Waals surface area contributed by atoms with E-state index in [2.05, 4.69) is 15.6 Å². The zero-order valence-corrected chi connectivity index (χ0v) is 12.6. The Bertz CT molecular complexity index is 780. The van der Waals surface area contributed by atoms with Gasteiger partial charge in [0, 0.05) is 29.3 Å². The van der Waals surface area contributed by atoms with Crippen molar-refractivity contribution >= 4 is 23.2 Å². The van der Waals surface area contributed by atoms with Crippen molar-refractivity contribution in [2.45, 2.75) is 31.1 Å². The van der Waals surface area contributed by atoms with Crippen LogP contribution in [0.3, 0.4) is 0 Å². The Morgan fingerprint density at radius 3 is 2.61 bits per heavy atom. The zero-order chi connectivity index (χ0) is 15.9. The number of nitrogens with zero attached hydrogens (tertiary/aromatic N) is 1. The number of anilines is 2. The number of amides is 2. The Kier molecular flexibility index (Phi) is 3.15. The summed E-state index contributed by atoms with van der Waals surface area (Å²) in [7, 11) is 0.